The molecule has 0 bridgehead atoms. The first-order chi connectivity index (χ1) is 17.7. The molecule has 9 heteroatoms. The standard InChI is InChI=1S/C28H33ClN4O3S/c1-30(2)15-20-33(22-23-7-4-3-5-8-23)37(35,36)27-13-11-24(12-14-27)28(34)32-18-16-31(17-19-32)26-10-6-9-25(29)21-26/h3-14,21H,15-20,22H2,1-2H3. The molecule has 0 N–H and O–H groups in total. The second kappa shape index (κ2) is 12.1. The van der Waals surface area contributed by atoms with Crippen LogP contribution in [0.1, 0.15) is 15.9 Å². The zero-order valence-corrected chi connectivity index (χ0v) is 22.8. The Bertz CT molecular complexity index is 1290. The Labute approximate surface area is 224 Å². The van der Waals surface area contributed by atoms with E-state index in [2.05, 4.69) is 4.90 Å². The molecule has 7 nitrogen and oxygen atoms in total. The minimum absolute atomic E-state index is 0.0940. The highest BCUT2D eigenvalue weighted by Gasteiger charge is 2.26. The number of carbonyl (C=O) groups excluding carboxylic acids is 1. The largest absolute Gasteiger partial charge is 0.368 e. The highest BCUT2D eigenvalue weighted by Crippen LogP contribution is 2.23. The average Bonchev–Trinajstić information content (AvgIpc) is 2.91. The van der Waals surface area contributed by atoms with E-state index in [4.69, 9.17) is 11.6 Å². The van der Waals surface area contributed by atoms with Crippen molar-refractivity contribution in [3.63, 3.8) is 0 Å². The quantitative estimate of drug-likeness (QED) is 0.409. The van der Waals surface area contributed by atoms with E-state index in [0.717, 1.165) is 11.3 Å². The third-order valence-electron chi connectivity index (χ3n) is 6.48. The zero-order chi connectivity index (χ0) is 26.4. The molecule has 4 rings (SSSR count). The summed E-state index contributed by atoms with van der Waals surface area (Å²) in [5.41, 5.74) is 2.45. The number of likely N-dealkylation sites (N-methyl/N-ethyl adjacent to an activating group) is 1. The molecule has 3 aromatic carbocycles. The lowest BCUT2D eigenvalue weighted by Gasteiger charge is -2.36. The second-order valence-corrected chi connectivity index (χ2v) is 11.8. The van der Waals surface area contributed by atoms with Crippen molar-refractivity contribution >= 4 is 33.2 Å². The number of carbonyl (C=O) groups is 1. The van der Waals surface area contributed by atoms with Gasteiger partial charge in [0, 0.05) is 62.1 Å². The molecule has 1 heterocycles. The Hall–Kier alpha value is -2.91. The van der Waals surface area contributed by atoms with Gasteiger partial charge in [0.15, 0.2) is 0 Å². The van der Waals surface area contributed by atoms with Crippen LogP contribution in [0, 0.1) is 0 Å². The molecule has 1 fully saturated rings. The summed E-state index contributed by atoms with van der Waals surface area (Å²) in [4.78, 5) is 19.3. The Balaban J connectivity index is 1.44. The van der Waals surface area contributed by atoms with Crippen molar-refractivity contribution in [2.24, 2.45) is 0 Å². The van der Waals surface area contributed by atoms with Gasteiger partial charge in [0.05, 0.1) is 4.90 Å². The molecule has 196 valence electrons. The Morgan fingerprint density at radius 2 is 1.54 bits per heavy atom. The number of halogens is 1. The van der Waals surface area contributed by atoms with Gasteiger partial charge in [-0.05, 0) is 62.1 Å². The summed E-state index contributed by atoms with van der Waals surface area (Å²) in [6, 6.07) is 23.6. The maximum atomic E-state index is 13.5. The van der Waals surface area contributed by atoms with Gasteiger partial charge in [0.2, 0.25) is 10.0 Å². The Morgan fingerprint density at radius 3 is 2.16 bits per heavy atom. The third-order valence-corrected chi connectivity index (χ3v) is 8.57. The van der Waals surface area contributed by atoms with E-state index in [1.54, 1.807) is 24.3 Å². The Kier molecular flexibility index (Phi) is 8.87. The van der Waals surface area contributed by atoms with Crippen LogP contribution in [0.2, 0.25) is 5.02 Å². The van der Waals surface area contributed by atoms with E-state index < -0.39 is 10.0 Å². The van der Waals surface area contributed by atoms with Crippen molar-refractivity contribution in [1.82, 2.24) is 14.1 Å². The van der Waals surface area contributed by atoms with Crippen molar-refractivity contribution in [2.75, 3.05) is 58.3 Å². The molecule has 1 amide bonds. The number of nitrogens with zero attached hydrogens (tertiary/aromatic N) is 4. The predicted octanol–water partition coefficient (Wildman–Crippen LogP) is 4.05. The monoisotopic (exact) mass is 540 g/mol. The topological polar surface area (TPSA) is 64.2 Å². The molecule has 0 radical (unpaired) electrons. The molecule has 0 aromatic heterocycles. The smallest absolute Gasteiger partial charge is 0.253 e. The number of amides is 1. The van der Waals surface area contributed by atoms with Crippen LogP contribution in [0.5, 0.6) is 0 Å². The number of rotatable bonds is 9. The maximum absolute atomic E-state index is 13.5. The van der Waals surface area contributed by atoms with Gasteiger partial charge in [0.25, 0.3) is 5.91 Å². The number of hydrogen-bond acceptors (Lipinski definition) is 5. The first-order valence-corrected chi connectivity index (χ1v) is 14.1. The molecule has 3 aromatic rings. The number of piperazine rings is 1. The summed E-state index contributed by atoms with van der Waals surface area (Å²) in [7, 11) is 0.0989. The zero-order valence-electron chi connectivity index (χ0n) is 21.3. The summed E-state index contributed by atoms with van der Waals surface area (Å²) in [5, 5.41) is 0.690. The summed E-state index contributed by atoms with van der Waals surface area (Å²) in [6.07, 6.45) is 0. The maximum Gasteiger partial charge on any atom is 0.253 e. The average molecular weight is 541 g/mol. The summed E-state index contributed by atoms with van der Waals surface area (Å²) < 4.78 is 28.5. The van der Waals surface area contributed by atoms with Gasteiger partial charge >= 0.3 is 0 Å². The van der Waals surface area contributed by atoms with E-state index in [0.29, 0.717) is 49.9 Å². The minimum Gasteiger partial charge on any atom is -0.368 e. The second-order valence-electron chi connectivity index (χ2n) is 9.41. The summed E-state index contributed by atoms with van der Waals surface area (Å²) in [5.74, 6) is -0.0940. The van der Waals surface area contributed by atoms with Gasteiger partial charge in [-0.3, -0.25) is 4.79 Å². The fourth-order valence-electron chi connectivity index (χ4n) is 4.32. The van der Waals surface area contributed by atoms with Crippen LogP contribution in [0.3, 0.4) is 0 Å². The van der Waals surface area contributed by atoms with Crippen molar-refractivity contribution in [2.45, 2.75) is 11.4 Å². The minimum atomic E-state index is -3.74. The summed E-state index contributed by atoms with van der Waals surface area (Å²) in [6.45, 7) is 3.83. The number of benzene rings is 3. The molecule has 0 unspecified atom stereocenters. The van der Waals surface area contributed by atoms with Crippen LogP contribution >= 0.6 is 11.6 Å². The Morgan fingerprint density at radius 1 is 0.865 bits per heavy atom. The fourth-order valence-corrected chi connectivity index (χ4v) is 5.93. The van der Waals surface area contributed by atoms with Crippen LogP contribution < -0.4 is 4.90 Å². The molecule has 0 saturated carbocycles. The molecule has 1 aliphatic heterocycles. The van der Waals surface area contributed by atoms with Gasteiger partial charge in [-0.15, -0.1) is 0 Å². The van der Waals surface area contributed by atoms with E-state index in [-0.39, 0.29) is 17.3 Å². The predicted molar refractivity (Wildman–Crippen MR) is 149 cm³/mol. The lowest BCUT2D eigenvalue weighted by Crippen LogP contribution is -2.48. The van der Waals surface area contributed by atoms with E-state index in [1.807, 2.05) is 78.5 Å². The highest BCUT2D eigenvalue weighted by molar-refractivity contribution is 7.89. The fraction of sp³-hybridized carbons (Fsp3) is 0.321. The van der Waals surface area contributed by atoms with Crippen LogP contribution in [0.15, 0.2) is 83.8 Å². The molecule has 1 aliphatic rings. The number of hydrogen-bond donors (Lipinski definition) is 0. The van der Waals surface area contributed by atoms with E-state index >= 15 is 0 Å². The van der Waals surface area contributed by atoms with Crippen molar-refractivity contribution in [3.05, 3.63) is 95.0 Å². The van der Waals surface area contributed by atoms with Crippen LogP contribution in [-0.2, 0) is 16.6 Å². The molecule has 1 saturated heterocycles. The van der Waals surface area contributed by atoms with Gasteiger partial charge in [-0.1, -0.05) is 48.0 Å². The lowest BCUT2D eigenvalue weighted by atomic mass is 10.1. The molecule has 0 aliphatic carbocycles. The van der Waals surface area contributed by atoms with Gasteiger partial charge in [0.1, 0.15) is 0 Å². The first-order valence-electron chi connectivity index (χ1n) is 12.3. The number of anilines is 1. The van der Waals surface area contributed by atoms with Crippen LogP contribution in [-0.4, -0.2) is 81.8 Å². The summed E-state index contributed by atoms with van der Waals surface area (Å²) >= 11 is 6.12. The molecule has 0 spiro atoms. The SMILES string of the molecule is CN(C)CCN(Cc1ccccc1)S(=O)(=O)c1ccc(C(=O)N2CCN(c3cccc(Cl)c3)CC2)cc1. The van der Waals surface area contributed by atoms with Gasteiger partial charge in [-0.2, -0.15) is 4.31 Å². The van der Waals surface area contributed by atoms with Crippen molar-refractivity contribution in [3.8, 4) is 0 Å². The van der Waals surface area contributed by atoms with Crippen molar-refractivity contribution < 1.29 is 13.2 Å². The molecule has 37 heavy (non-hydrogen) atoms. The first kappa shape index (κ1) is 27.1. The molecular formula is C28H33ClN4O3S. The lowest BCUT2D eigenvalue weighted by molar-refractivity contribution is 0.0746. The van der Waals surface area contributed by atoms with E-state index in [1.165, 1.54) is 4.31 Å². The highest BCUT2D eigenvalue weighted by atomic mass is 35.5. The van der Waals surface area contributed by atoms with E-state index in [9.17, 15) is 13.2 Å². The van der Waals surface area contributed by atoms with Gasteiger partial charge in [-0.25, -0.2) is 8.42 Å². The third kappa shape index (κ3) is 6.90. The number of sulfonamides is 1. The van der Waals surface area contributed by atoms with Crippen LogP contribution in [0.25, 0.3) is 0 Å². The van der Waals surface area contributed by atoms with Crippen molar-refractivity contribution in [1.29, 1.82) is 0 Å². The normalized spacial score (nSPS) is 14.4. The molecule has 0 atom stereocenters. The van der Waals surface area contributed by atoms with Gasteiger partial charge < -0.3 is 14.7 Å². The van der Waals surface area contributed by atoms with Crippen LogP contribution in [0.4, 0.5) is 5.69 Å². The molecular weight excluding hydrogens is 508 g/mol.